The summed E-state index contributed by atoms with van der Waals surface area (Å²) in [6, 6.07) is 13.6. The molecule has 0 aliphatic heterocycles. The quantitative estimate of drug-likeness (QED) is 0.787. The second kappa shape index (κ2) is 6.48. The van der Waals surface area contributed by atoms with Crippen LogP contribution in [0.1, 0.15) is 24.5 Å². The van der Waals surface area contributed by atoms with Gasteiger partial charge < -0.3 is 5.32 Å². The second-order valence-electron chi connectivity index (χ2n) is 4.85. The van der Waals surface area contributed by atoms with Crippen LogP contribution in [-0.4, -0.2) is 6.54 Å². The molecule has 19 heavy (non-hydrogen) atoms. The first kappa shape index (κ1) is 13.8. The molecule has 2 aromatic rings. The van der Waals surface area contributed by atoms with Crippen LogP contribution < -0.4 is 5.32 Å². The van der Waals surface area contributed by atoms with E-state index in [9.17, 15) is 4.39 Å². The van der Waals surface area contributed by atoms with E-state index in [1.165, 1.54) is 5.56 Å². The number of hydrogen-bond donors (Lipinski definition) is 1. The molecule has 100 valence electrons. The molecule has 0 aliphatic carbocycles. The molecular formula is C17H20FN. The molecule has 0 amide bonds. The van der Waals surface area contributed by atoms with Crippen molar-refractivity contribution in [1.82, 2.24) is 5.32 Å². The SMILES string of the molecule is CCCNCc1cc(-c2cccc(C)c2)ccc1F. The van der Waals surface area contributed by atoms with Crippen LogP contribution in [0.2, 0.25) is 0 Å². The molecule has 0 fully saturated rings. The van der Waals surface area contributed by atoms with Crippen molar-refractivity contribution < 1.29 is 4.39 Å². The lowest BCUT2D eigenvalue weighted by Crippen LogP contribution is -2.14. The highest BCUT2D eigenvalue weighted by Crippen LogP contribution is 2.23. The highest BCUT2D eigenvalue weighted by atomic mass is 19.1. The Morgan fingerprint density at radius 3 is 2.58 bits per heavy atom. The monoisotopic (exact) mass is 257 g/mol. The molecular weight excluding hydrogens is 237 g/mol. The number of benzene rings is 2. The predicted molar refractivity (Wildman–Crippen MR) is 78.6 cm³/mol. The molecule has 0 aromatic heterocycles. The molecule has 0 aliphatic rings. The van der Waals surface area contributed by atoms with Gasteiger partial charge in [-0.05, 0) is 43.1 Å². The average molecular weight is 257 g/mol. The minimum atomic E-state index is -0.139. The highest BCUT2D eigenvalue weighted by Gasteiger charge is 2.05. The van der Waals surface area contributed by atoms with E-state index in [1.54, 1.807) is 6.07 Å². The third-order valence-electron chi connectivity index (χ3n) is 3.14. The van der Waals surface area contributed by atoms with E-state index in [-0.39, 0.29) is 5.82 Å². The van der Waals surface area contributed by atoms with Gasteiger partial charge in [-0.3, -0.25) is 0 Å². The Morgan fingerprint density at radius 1 is 1.05 bits per heavy atom. The van der Waals surface area contributed by atoms with Crippen molar-refractivity contribution in [1.29, 1.82) is 0 Å². The van der Waals surface area contributed by atoms with Crippen molar-refractivity contribution in [3.05, 3.63) is 59.4 Å². The maximum absolute atomic E-state index is 13.8. The lowest BCUT2D eigenvalue weighted by atomic mass is 10.0. The maximum atomic E-state index is 13.8. The normalized spacial score (nSPS) is 10.7. The minimum Gasteiger partial charge on any atom is -0.313 e. The molecule has 2 aromatic carbocycles. The number of halogens is 1. The van der Waals surface area contributed by atoms with Crippen LogP contribution in [0.15, 0.2) is 42.5 Å². The van der Waals surface area contributed by atoms with Gasteiger partial charge in [-0.2, -0.15) is 0 Å². The van der Waals surface area contributed by atoms with Gasteiger partial charge in [-0.15, -0.1) is 0 Å². The van der Waals surface area contributed by atoms with Gasteiger partial charge in [0.05, 0.1) is 0 Å². The number of rotatable bonds is 5. The van der Waals surface area contributed by atoms with E-state index in [1.807, 2.05) is 18.2 Å². The summed E-state index contributed by atoms with van der Waals surface area (Å²) < 4.78 is 13.8. The fourth-order valence-electron chi connectivity index (χ4n) is 2.11. The predicted octanol–water partition coefficient (Wildman–Crippen LogP) is 4.30. The van der Waals surface area contributed by atoms with Gasteiger partial charge in [0.25, 0.3) is 0 Å². The Labute approximate surface area is 114 Å². The molecule has 2 rings (SSSR count). The van der Waals surface area contributed by atoms with Crippen molar-refractivity contribution in [3.63, 3.8) is 0 Å². The van der Waals surface area contributed by atoms with Crippen molar-refractivity contribution >= 4 is 0 Å². The summed E-state index contributed by atoms with van der Waals surface area (Å²) in [6.07, 6.45) is 1.05. The summed E-state index contributed by atoms with van der Waals surface area (Å²) in [5.74, 6) is -0.139. The van der Waals surface area contributed by atoms with Gasteiger partial charge >= 0.3 is 0 Å². The fourth-order valence-corrected chi connectivity index (χ4v) is 2.11. The summed E-state index contributed by atoms with van der Waals surface area (Å²) in [5.41, 5.74) is 4.15. The Hall–Kier alpha value is -1.67. The molecule has 0 radical (unpaired) electrons. The molecule has 0 unspecified atom stereocenters. The van der Waals surface area contributed by atoms with E-state index in [2.05, 4.69) is 37.4 Å². The van der Waals surface area contributed by atoms with E-state index in [4.69, 9.17) is 0 Å². The van der Waals surface area contributed by atoms with Gasteiger partial charge in [-0.25, -0.2) is 4.39 Å². The Morgan fingerprint density at radius 2 is 1.84 bits per heavy atom. The molecule has 0 heterocycles. The van der Waals surface area contributed by atoms with Crippen LogP contribution in [0.4, 0.5) is 4.39 Å². The molecule has 1 N–H and O–H groups in total. The van der Waals surface area contributed by atoms with Crippen LogP contribution in [0.5, 0.6) is 0 Å². The van der Waals surface area contributed by atoms with E-state index >= 15 is 0 Å². The first-order valence-electron chi connectivity index (χ1n) is 6.77. The molecule has 2 heteroatoms. The van der Waals surface area contributed by atoms with Gasteiger partial charge in [0.1, 0.15) is 5.82 Å². The van der Waals surface area contributed by atoms with Gasteiger partial charge in [0.2, 0.25) is 0 Å². The van der Waals surface area contributed by atoms with Crippen molar-refractivity contribution in [2.75, 3.05) is 6.54 Å². The molecule has 0 spiro atoms. The van der Waals surface area contributed by atoms with E-state index in [0.717, 1.165) is 29.7 Å². The zero-order valence-corrected chi connectivity index (χ0v) is 11.5. The number of aryl methyl sites for hydroxylation is 1. The smallest absolute Gasteiger partial charge is 0.127 e. The molecule has 0 saturated heterocycles. The van der Waals surface area contributed by atoms with E-state index in [0.29, 0.717) is 6.54 Å². The third-order valence-corrected chi connectivity index (χ3v) is 3.14. The Bertz CT molecular complexity index is 549. The van der Waals surface area contributed by atoms with Gasteiger partial charge in [-0.1, -0.05) is 42.8 Å². The van der Waals surface area contributed by atoms with Crippen LogP contribution in [0, 0.1) is 12.7 Å². The van der Waals surface area contributed by atoms with Crippen LogP contribution in [0.3, 0.4) is 0 Å². The number of hydrogen-bond acceptors (Lipinski definition) is 1. The van der Waals surface area contributed by atoms with Gasteiger partial charge in [0.15, 0.2) is 0 Å². The van der Waals surface area contributed by atoms with Crippen molar-refractivity contribution in [2.24, 2.45) is 0 Å². The molecule has 1 nitrogen and oxygen atoms in total. The second-order valence-corrected chi connectivity index (χ2v) is 4.85. The van der Waals surface area contributed by atoms with Crippen molar-refractivity contribution in [3.8, 4) is 11.1 Å². The summed E-state index contributed by atoms with van der Waals surface area (Å²) in [5, 5.41) is 3.24. The van der Waals surface area contributed by atoms with Crippen LogP contribution >= 0.6 is 0 Å². The molecule has 0 saturated carbocycles. The minimum absolute atomic E-state index is 0.139. The Balaban J connectivity index is 2.25. The van der Waals surface area contributed by atoms with Crippen molar-refractivity contribution in [2.45, 2.75) is 26.8 Å². The highest BCUT2D eigenvalue weighted by molar-refractivity contribution is 5.65. The number of nitrogens with one attached hydrogen (secondary N) is 1. The summed E-state index contributed by atoms with van der Waals surface area (Å²) >= 11 is 0. The van der Waals surface area contributed by atoms with Gasteiger partial charge in [0, 0.05) is 12.1 Å². The third kappa shape index (κ3) is 3.65. The largest absolute Gasteiger partial charge is 0.313 e. The first-order valence-corrected chi connectivity index (χ1v) is 6.77. The summed E-state index contributed by atoms with van der Waals surface area (Å²) in [7, 11) is 0. The summed E-state index contributed by atoms with van der Waals surface area (Å²) in [4.78, 5) is 0. The average Bonchev–Trinajstić information content (AvgIpc) is 2.41. The zero-order chi connectivity index (χ0) is 13.7. The van der Waals surface area contributed by atoms with Crippen LogP contribution in [-0.2, 0) is 6.54 Å². The zero-order valence-electron chi connectivity index (χ0n) is 11.5. The summed E-state index contributed by atoms with van der Waals surface area (Å²) in [6.45, 7) is 5.66. The van der Waals surface area contributed by atoms with E-state index < -0.39 is 0 Å². The van der Waals surface area contributed by atoms with Crippen LogP contribution in [0.25, 0.3) is 11.1 Å². The lowest BCUT2D eigenvalue weighted by molar-refractivity contribution is 0.587. The standard InChI is InChI=1S/C17H20FN/c1-3-9-19-12-16-11-15(7-8-17(16)18)14-6-4-5-13(2)10-14/h4-8,10-11,19H,3,9,12H2,1-2H3. The lowest BCUT2D eigenvalue weighted by Gasteiger charge is -2.08. The first-order chi connectivity index (χ1) is 9.20. The fraction of sp³-hybridized carbons (Fsp3) is 0.294. The Kier molecular flexibility index (Phi) is 4.69. The maximum Gasteiger partial charge on any atom is 0.127 e. The topological polar surface area (TPSA) is 12.0 Å². The molecule has 0 bridgehead atoms. The molecule has 0 atom stereocenters.